The number of hydrogen-bond donors (Lipinski definition) is 1. The summed E-state index contributed by atoms with van der Waals surface area (Å²) >= 11 is 0. The third-order valence-electron chi connectivity index (χ3n) is 5.38. The van der Waals surface area contributed by atoms with Crippen molar-refractivity contribution < 1.29 is 0 Å². The molecule has 5 rings (SSSR count). The van der Waals surface area contributed by atoms with E-state index < -0.39 is 0 Å². The molecule has 7 nitrogen and oxygen atoms in total. The van der Waals surface area contributed by atoms with Crippen molar-refractivity contribution in [3.8, 4) is 17.1 Å². The highest BCUT2D eigenvalue weighted by atomic mass is 15.4. The molecule has 1 aliphatic rings. The van der Waals surface area contributed by atoms with Crippen LogP contribution in [-0.4, -0.2) is 44.5 Å². The van der Waals surface area contributed by atoms with Crippen LogP contribution in [0.3, 0.4) is 0 Å². The lowest BCUT2D eigenvalue weighted by molar-refractivity contribution is 0.567. The van der Waals surface area contributed by atoms with Crippen LogP contribution in [0.25, 0.3) is 22.7 Å². The van der Waals surface area contributed by atoms with Gasteiger partial charge in [0.2, 0.25) is 0 Å². The summed E-state index contributed by atoms with van der Waals surface area (Å²) in [5.41, 5.74) is 3.88. The second kappa shape index (κ2) is 7.67. The number of nitrogens with zero attached hydrogens (tertiary/aromatic N) is 6. The Morgan fingerprint density at radius 1 is 0.966 bits per heavy atom. The van der Waals surface area contributed by atoms with Crippen molar-refractivity contribution in [2.24, 2.45) is 0 Å². The van der Waals surface area contributed by atoms with Crippen LogP contribution < -0.4 is 10.2 Å². The Labute approximate surface area is 170 Å². The van der Waals surface area contributed by atoms with Gasteiger partial charge in [0, 0.05) is 43.5 Å². The maximum Gasteiger partial charge on any atom is 0.160 e. The van der Waals surface area contributed by atoms with Gasteiger partial charge in [0.15, 0.2) is 11.5 Å². The molecule has 0 unspecified atom stereocenters. The molecule has 4 heterocycles. The van der Waals surface area contributed by atoms with E-state index in [-0.39, 0.29) is 0 Å². The fourth-order valence-corrected chi connectivity index (χ4v) is 3.94. The van der Waals surface area contributed by atoms with E-state index in [0.29, 0.717) is 0 Å². The summed E-state index contributed by atoms with van der Waals surface area (Å²) in [5, 5.41) is 12.7. The lowest BCUT2D eigenvalue weighted by Crippen LogP contribution is -2.31. The molecule has 1 fully saturated rings. The van der Waals surface area contributed by atoms with Gasteiger partial charge in [0.25, 0.3) is 0 Å². The monoisotopic (exact) mass is 387 g/mol. The molecule has 1 N–H and O–H groups in total. The normalized spacial score (nSPS) is 14.6. The Kier molecular flexibility index (Phi) is 4.73. The third kappa shape index (κ3) is 3.49. The van der Waals surface area contributed by atoms with Gasteiger partial charge in [0.1, 0.15) is 5.82 Å². The molecule has 7 heteroatoms. The van der Waals surface area contributed by atoms with Gasteiger partial charge in [-0.25, -0.2) is 9.67 Å². The molecule has 1 aliphatic heterocycles. The number of piperidine rings is 1. The lowest BCUT2D eigenvalue weighted by atomic mass is 10.1. The van der Waals surface area contributed by atoms with E-state index >= 15 is 0 Å². The standard InChI is InChI=1S/C22H25N7/c1-23-16-18-14-21-24-20(15-22(29(21)25-18)27-11-6-3-7-12-27)28-13-10-19(26-28)17-8-4-2-5-9-17/h2,4-5,8-10,13-15,23H,3,6-7,11-12,16H2,1H3. The number of benzene rings is 1. The van der Waals surface area contributed by atoms with Crippen LogP contribution >= 0.6 is 0 Å². The average molecular weight is 387 g/mol. The second-order valence-electron chi connectivity index (χ2n) is 7.47. The fourth-order valence-electron chi connectivity index (χ4n) is 3.94. The minimum Gasteiger partial charge on any atom is -0.356 e. The summed E-state index contributed by atoms with van der Waals surface area (Å²) in [6.45, 7) is 2.82. The lowest BCUT2D eigenvalue weighted by Gasteiger charge is -2.29. The van der Waals surface area contributed by atoms with E-state index in [4.69, 9.17) is 15.2 Å². The minimum absolute atomic E-state index is 0.720. The third-order valence-corrected chi connectivity index (χ3v) is 5.38. The van der Waals surface area contributed by atoms with Crippen LogP contribution in [0.15, 0.2) is 54.7 Å². The smallest absolute Gasteiger partial charge is 0.160 e. The first-order valence-corrected chi connectivity index (χ1v) is 10.2. The highest BCUT2D eigenvalue weighted by Gasteiger charge is 2.18. The largest absolute Gasteiger partial charge is 0.356 e. The van der Waals surface area contributed by atoms with Crippen molar-refractivity contribution in [3.05, 3.63) is 60.4 Å². The van der Waals surface area contributed by atoms with Gasteiger partial charge in [0.05, 0.1) is 11.4 Å². The highest BCUT2D eigenvalue weighted by molar-refractivity contribution is 5.59. The molecular formula is C22H25N7. The summed E-state index contributed by atoms with van der Waals surface area (Å²) in [6, 6.07) is 16.4. The van der Waals surface area contributed by atoms with Crippen molar-refractivity contribution in [1.82, 2.24) is 29.7 Å². The molecule has 0 radical (unpaired) electrons. The van der Waals surface area contributed by atoms with Gasteiger partial charge in [-0.1, -0.05) is 30.3 Å². The fraction of sp³-hybridized carbons (Fsp3) is 0.318. The number of aromatic nitrogens is 5. The number of fused-ring (bicyclic) bond motifs is 1. The van der Waals surface area contributed by atoms with Gasteiger partial charge in [-0.15, -0.1) is 0 Å². The Morgan fingerprint density at radius 3 is 2.59 bits per heavy atom. The zero-order valence-electron chi connectivity index (χ0n) is 16.6. The van der Waals surface area contributed by atoms with Crippen molar-refractivity contribution in [2.75, 3.05) is 25.0 Å². The molecule has 0 amide bonds. The first-order valence-electron chi connectivity index (χ1n) is 10.2. The Balaban J connectivity index is 1.59. The van der Waals surface area contributed by atoms with Crippen LogP contribution in [-0.2, 0) is 6.54 Å². The molecule has 4 aromatic rings. The topological polar surface area (TPSA) is 63.3 Å². The van der Waals surface area contributed by atoms with E-state index in [1.165, 1.54) is 19.3 Å². The summed E-state index contributed by atoms with van der Waals surface area (Å²) in [5.74, 6) is 1.90. The van der Waals surface area contributed by atoms with Gasteiger partial charge < -0.3 is 10.2 Å². The Bertz CT molecular complexity index is 1110. The molecule has 0 aliphatic carbocycles. The van der Waals surface area contributed by atoms with Crippen molar-refractivity contribution in [1.29, 1.82) is 0 Å². The molecule has 0 atom stereocenters. The first-order chi connectivity index (χ1) is 14.3. The van der Waals surface area contributed by atoms with Gasteiger partial charge in [-0.05, 0) is 32.4 Å². The zero-order chi connectivity index (χ0) is 19.6. The highest BCUT2D eigenvalue weighted by Crippen LogP contribution is 2.24. The molecule has 0 bridgehead atoms. The number of nitrogens with one attached hydrogen (secondary N) is 1. The molecule has 1 aromatic carbocycles. The van der Waals surface area contributed by atoms with Gasteiger partial charge in [-0.2, -0.15) is 14.7 Å². The van der Waals surface area contributed by atoms with Crippen LogP contribution in [0.4, 0.5) is 5.82 Å². The van der Waals surface area contributed by atoms with E-state index in [1.807, 2.05) is 46.7 Å². The number of hydrogen-bond acceptors (Lipinski definition) is 5. The summed E-state index contributed by atoms with van der Waals surface area (Å²) in [7, 11) is 1.93. The minimum atomic E-state index is 0.720. The predicted molar refractivity (Wildman–Crippen MR) is 114 cm³/mol. The predicted octanol–water partition coefficient (Wildman–Crippen LogP) is 3.29. The number of anilines is 1. The number of rotatable bonds is 5. The quantitative estimate of drug-likeness (QED) is 0.569. The Hall–Kier alpha value is -3.19. The SMILES string of the molecule is CNCc1cc2nc(-n3ccc(-c4ccccc4)n3)cc(N3CCCCC3)n2n1. The molecule has 1 saturated heterocycles. The van der Waals surface area contributed by atoms with E-state index in [9.17, 15) is 0 Å². The molecule has 29 heavy (non-hydrogen) atoms. The van der Waals surface area contributed by atoms with Crippen LogP contribution in [0.5, 0.6) is 0 Å². The molecule has 0 saturated carbocycles. The van der Waals surface area contributed by atoms with Crippen molar-refractivity contribution in [2.45, 2.75) is 25.8 Å². The van der Waals surface area contributed by atoms with Gasteiger partial charge in [-0.3, -0.25) is 0 Å². The molecular weight excluding hydrogens is 362 g/mol. The average Bonchev–Trinajstić information content (AvgIpc) is 3.41. The molecule has 148 valence electrons. The maximum atomic E-state index is 4.86. The van der Waals surface area contributed by atoms with E-state index in [1.54, 1.807) is 0 Å². The zero-order valence-corrected chi connectivity index (χ0v) is 16.6. The summed E-state index contributed by atoms with van der Waals surface area (Å²) in [4.78, 5) is 7.27. The van der Waals surface area contributed by atoms with E-state index in [0.717, 1.165) is 53.9 Å². The maximum absolute atomic E-state index is 4.86. The summed E-state index contributed by atoms with van der Waals surface area (Å²) < 4.78 is 3.84. The second-order valence-corrected chi connectivity index (χ2v) is 7.47. The van der Waals surface area contributed by atoms with Crippen LogP contribution in [0, 0.1) is 0 Å². The molecule has 3 aromatic heterocycles. The molecule has 0 spiro atoms. The van der Waals surface area contributed by atoms with Crippen LogP contribution in [0.1, 0.15) is 25.0 Å². The van der Waals surface area contributed by atoms with Crippen molar-refractivity contribution in [3.63, 3.8) is 0 Å². The van der Waals surface area contributed by atoms with Gasteiger partial charge >= 0.3 is 0 Å². The van der Waals surface area contributed by atoms with Crippen molar-refractivity contribution >= 4 is 11.5 Å². The van der Waals surface area contributed by atoms with Crippen LogP contribution in [0.2, 0.25) is 0 Å². The first kappa shape index (κ1) is 17.9. The summed E-state index contributed by atoms with van der Waals surface area (Å²) in [6.07, 6.45) is 5.70. The van der Waals surface area contributed by atoms with E-state index in [2.05, 4.69) is 34.5 Å². The Morgan fingerprint density at radius 2 is 1.79 bits per heavy atom.